The number of esters is 3. The van der Waals surface area contributed by atoms with Crippen molar-refractivity contribution in [3.63, 3.8) is 0 Å². The van der Waals surface area contributed by atoms with E-state index >= 15 is 0 Å². The maximum absolute atomic E-state index is 12.6. The van der Waals surface area contributed by atoms with E-state index in [4.69, 9.17) is 19.9 Å². The van der Waals surface area contributed by atoms with Crippen LogP contribution in [0.4, 0.5) is 0 Å². The zero-order valence-electron chi connectivity index (χ0n) is 24.3. The first-order valence-corrected chi connectivity index (χ1v) is 14.9. The lowest BCUT2D eigenvalue weighted by molar-refractivity contribution is -0.151. The molecular weight excluding hydrogens is 514 g/mol. The van der Waals surface area contributed by atoms with Crippen LogP contribution in [0.15, 0.2) is 18.2 Å². The molecule has 0 amide bonds. The van der Waals surface area contributed by atoms with Crippen molar-refractivity contribution in [3.05, 3.63) is 23.8 Å². The van der Waals surface area contributed by atoms with Gasteiger partial charge in [-0.1, -0.05) is 71.8 Å². The third kappa shape index (κ3) is 10.9. The number of ether oxygens (including phenoxy) is 3. The Labute approximate surface area is 238 Å². The number of benzene rings is 1. The van der Waals surface area contributed by atoms with E-state index in [0.29, 0.717) is 18.4 Å². The van der Waals surface area contributed by atoms with Crippen molar-refractivity contribution in [3.8, 4) is 11.5 Å². The van der Waals surface area contributed by atoms with Crippen molar-refractivity contribution in [2.75, 3.05) is 6.61 Å². The first kappa shape index (κ1) is 33.3. The minimum Gasteiger partial charge on any atom is -0.480 e. The number of carbonyl (C=O) groups excluding carboxylic acids is 3. The van der Waals surface area contributed by atoms with Crippen LogP contribution < -0.4 is 15.2 Å². The lowest BCUT2D eigenvalue weighted by Gasteiger charge is -2.29. The summed E-state index contributed by atoms with van der Waals surface area (Å²) >= 11 is 0. The molecule has 1 aliphatic carbocycles. The Bertz CT molecular complexity index is 972. The van der Waals surface area contributed by atoms with Crippen LogP contribution >= 0.6 is 0 Å². The highest BCUT2D eigenvalue weighted by Crippen LogP contribution is 2.36. The van der Waals surface area contributed by atoms with Crippen LogP contribution in [-0.4, -0.2) is 41.6 Å². The lowest BCUT2D eigenvalue weighted by atomic mass is 9.82. The molecule has 1 fully saturated rings. The van der Waals surface area contributed by atoms with E-state index in [2.05, 4.69) is 0 Å². The molecule has 2 unspecified atom stereocenters. The topological polar surface area (TPSA) is 142 Å². The number of aliphatic carboxylic acids is 1. The largest absolute Gasteiger partial charge is 0.480 e. The molecule has 40 heavy (non-hydrogen) atoms. The van der Waals surface area contributed by atoms with Crippen molar-refractivity contribution in [2.45, 2.75) is 116 Å². The average Bonchev–Trinajstić information content (AvgIpc) is 2.93. The quantitative estimate of drug-likeness (QED) is 0.135. The SMILES string of the molecule is CCCCCC(=O)Oc1ccc(C(C(C)COC(=O)C2CCCCC2)[C@H](N)C(=O)O)cc1OC(=O)CCCCC. The minimum absolute atomic E-state index is 0.00127. The van der Waals surface area contributed by atoms with Gasteiger partial charge >= 0.3 is 23.9 Å². The second kappa shape index (κ2) is 17.7. The molecule has 1 aliphatic rings. The number of rotatable bonds is 17. The van der Waals surface area contributed by atoms with Crippen molar-refractivity contribution in [2.24, 2.45) is 17.6 Å². The van der Waals surface area contributed by atoms with Gasteiger partial charge in [-0.3, -0.25) is 19.2 Å². The second-order valence-corrected chi connectivity index (χ2v) is 10.9. The number of nitrogens with two attached hydrogens (primary N) is 1. The van der Waals surface area contributed by atoms with Crippen LogP contribution in [0.5, 0.6) is 11.5 Å². The third-order valence-corrected chi connectivity index (χ3v) is 7.48. The summed E-state index contributed by atoms with van der Waals surface area (Å²) in [4.78, 5) is 49.6. The highest BCUT2D eigenvalue weighted by atomic mass is 16.6. The number of unbranched alkanes of at least 4 members (excludes halogenated alkanes) is 4. The van der Waals surface area contributed by atoms with Gasteiger partial charge in [0.2, 0.25) is 0 Å². The van der Waals surface area contributed by atoms with Crippen molar-refractivity contribution in [1.29, 1.82) is 0 Å². The van der Waals surface area contributed by atoms with Crippen LogP contribution in [0.2, 0.25) is 0 Å². The van der Waals surface area contributed by atoms with Crippen molar-refractivity contribution in [1.82, 2.24) is 0 Å². The van der Waals surface area contributed by atoms with E-state index in [-0.39, 0.29) is 42.8 Å². The Morgan fingerprint density at radius 2 is 1.48 bits per heavy atom. The monoisotopic (exact) mass is 561 g/mol. The molecule has 9 heteroatoms. The molecule has 0 aliphatic heterocycles. The summed E-state index contributed by atoms with van der Waals surface area (Å²) in [6.45, 7) is 5.85. The summed E-state index contributed by atoms with van der Waals surface area (Å²) in [5.41, 5.74) is 6.61. The summed E-state index contributed by atoms with van der Waals surface area (Å²) < 4.78 is 16.8. The number of hydrogen-bond donors (Lipinski definition) is 2. The minimum atomic E-state index is -1.31. The zero-order chi connectivity index (χ0) is 29.5. The smallest absolute Gasteiger partial charge is 0.321 e. The molecule has 0 bridgehead atoms. The molecule has 2 rings (SSSR count). The van der Waals surface area contributed by atoms with Gasteiger partial charge in [0.25, 0.3) is 0 Å². The number of carboxylic acids is 1. The van der Waals surface area contributed by atoms with Gasteiger partial charge in [-0.15, -0.1) is 0 Å². The molecule has 0 spiro atoms. The van der Waals surface area contributed by atoms with E-state index in [1.54, 1.807) is 13.0 Å². The molecule has 0 heterocycles. The third-order valence-electron chi connectivity index (χ3n) is 7.48. The standard InChI is InChI=1S/C31H47NO8/c1-4-6-9-15-26(33)39-24-18-17-23(19-25(24)40-27(34)16-10-7-5-2)28(29(32)30(35)36)21(3)20-38-31(37)22-13-11-8-12-14-22/h17-19,21-22,28-29H,4-16,20,32H2,1-3H3,(H,35,36)/t21?,28?,29-/m0/s1. The summed E-state index contributed by atoms with van der Waals surface area (Å²) in [6.07, 6.45) is 10.2. The van der Waals surface area contributed by atoms with Crippen LogP contribution in [0, 0.1) is 11.8 Å². The summed E-state index contributed by atoms with van der Waals surface area (Å²) in [5.74, 6) is -3.59. The van der Waals surface area contributed by atoms with E-state index in [9.17, 15) is 24.3 Å². The molecule has 0 aromatic heterocycles. The van der Waals surface area contributed by atoms with Gasteiger partial charge in [-0.05, 0) is 49.3 Å². The van der Waals surface area contributed by atoms with Gasteiger partial charge in [0.15, 0.2) is 11.5 Å². The highest BCUT2D eigenvalue weighted by Gasteiger charge is 2.33. The van der Waals surface area contributed by atoms with Crippen molar-refractivity contribution >= 4 is 23.9 Å². The van der Waals surface area contributed by atoms with Gasteiger partial charge < -0.3 is 25.1 Å². The molecule has 9 nitrogen and oxygen atoms in total. The maximum Gasteiger partial charge on any atom is 0.321 e. The fourth-order valence-electron chi connectivity index (χ4n) is 5.10. The van der Waals surface area contributed by atoms with Crippen molar-refractivity contribution < 1.29 is 38.5 Å². The predicted molar refractivity (Wildman–Crippen MR) is 151 cm³/mol. The van der Waals surface area contributed by atoms with Gasteiger partial charge in [0.1, 0.15) is 6.04 Å². The molecule has 1 aromatic carbocycles. The molecule has 1 aromatic rings. The maximum atomic E-state index is 12.6. The molecular formula is C31H47NO8. The summed E-state index contributed by atoms with van der Waals surface area (Å²) in [6, 6.07) is 3.33. The Hall–Kier alpha value is -2.94. The average molecular weight is 562 g/mol. The Balaban J connectivity index is 2.28. The van der Waals surface area contributed by atoms with Crippen LogP contribution in [-0.2, 0) is 23.9 Å². The predicted octanol–water partition coefficient (Wildman–Crippen LogP) is 5.91. The lowest BCUT2D eigenvalue weighted by Crippen LogP contribution is -2.41. The van der Waals surface area contributed by atoms with E-state index in [1.807, 2.05) is 13.8 Å². The number of carboxylic acid groups (broad SMARTS) is 1. The van der Waals surface area contributed by atoms with E-state index in [1.165, 1.54) is 12.1 Å². The Kier molecular flexibility index (Phi) is 14.7. The second-order valence-electron chi connectivity index (χ2n) is 10.9. The van der Waals surface area contributed by atoms with Gasteiger partial charge in [-0.25, -0.2) is 0 Å². The normalized spacial score (nSPS) is 16.0. The van der Waals surface area contributed by atoms with Crippen LogP contribution in [0.25, 0.3) is 0 Å². The zero-order valence-corrected chi connectivity index (χ0v) is 24.3. The first-order valence-electron chi connectivity index (χ1n) is 14.9. The summed E-state index contributed by atoms with van der Waals surface area (Å²) in [7, 11) is 0. The van der Waals surface area contributed by atoms with Gasteiger partial charge in [0.05, 0.1) is 12.5 Å². The molecule has 3 atom stereocenters. The van der Waals surface area contributed by atoms with Gasteiger partial charge in [-0.2, -0.15) is 0 Å². The fraction of sp³-hybridized carbons (Fsp3) is 0.677. The molecule has 0 radical (unpaired) electrons. The molecule has 0 saturated heterocycles. The molecule has 1 saturated carbocycles. The van der Waals surface area contributed by atoms with Gasteiger partial charge in [0, 0.05) is 18.8 Å². The van der Waals surface area contributed by atoms with Crippen LogP contribution in [0.1, 0.15) is 116 Å². The van der Waals surface area contributed by atoms with E-state index < -0.39 is 35.8 Å². The first-order chi connectivity index (χ1) is 19.2. The fourth-order valence-corrected chi connectivity index (χ4v) is 5.10. The number of hydrogen-bond acceptors (Lipinski definition) is 8. The highest BCUT2D eigenvalue weighted by molar-refractivity contribution is 5.77. The molecule has 224 valence electrons. The number of carbonyl (C=O) groups is 4. The van der Waals surface area contributed by atoms with E-state index in [0.717, 1.165) is 57.8 Å². The summed E-state index contributed by atoms with van der Waals surface area (Å²) in [5, 5.41) is 9.77. The van der Waals surface area contributed by atoms with Crippen LogP contribution in [0.3, 0.4) is 0 Å². The Morgan fingerprint density at radius 3 is 2.02 bits per heavy atom. The molecule has 3 N–H and O–H groups in total. The Morgan fingerprint density at radius 1 is 0.900 bits per heavy atom.